The van der Waals surface area contributed by atoms with Crippen LogP contribution in [0.5, 0.6) is 17.2 Å². The maximum absolute atomic E-state index is 12.6. The lowest BCUT2D eigenvalue weighted by molar-refractivity contribution is -0.131. The third kappa shape index (κ3) is 9.32. The van der Waals surface area contributed by atoms with Crippen LogP contribution in [0.15, 0.2) is 39.6 Å². The molecule has 0 fully saturated rings. The van der Waals surface area contributed by atoms with Gasteiger partial charge < -0.3 is 18.6 Å². The molecule has 1 aromatic heterocycles. The Morgan fingerprint density at radius 3 is 2.33 bits per heavy atom. The summed E-state index contributed by atoms with van der Waals surface area (Å²) >= 11 is 0. The number of ether oxygens (including phenoxy) is 3. The zero-order chi connectivity index (χ0) is 23.9. The van der Waals surface area contributed by atoms with Gasteiger partial charge in [-0.15, -0.1) is 0 Å². The number of carbonyl (C=O) groups is 1. The zero-order valence-corrected chi connectivity index (χ0v) is 20.3. The van der Waals surface area contributed by atoms with Crippen molar-refractivity contribution in [3.63, 3.8) is 0 Å². The van der Waals surface area contributed by atoms with Crippen molar-refractivity contribution in [1.82, 2.24) is 0 Å². The summed E-state index contributed by atoms with van der Waals surface area (Å²) in [6, 6.07) is 5.17. The number of esters is 1. The van der Waals surface area contributed by atoms with E-state index >= 15 is 0 Å². The summed E-state index contributed by atoms with van der Waals surface area (Å²) in [5, 5.41) is 0.489. The van der Waals surface area contributed by atoms with Crippen molar-refractivity contribution in [3.05, 3.63) is 40.8 Å². The molecule has 0 spiro atoms. The predicted octanol–water partition coefficient (Wildman–Crippen LogP) is 6.97. The Morgan fingerprint density at radius 1 is 0.909 bits per heavy atom. The van der Waals surface area contributed by atoms with Gasteiger partial charge in [0, 0.05) is 13.0 Å². The number of rotatable bonds is 16. The van der Waals surface area contributed by atoms with E-state index in [2.05, 4.69) is 6.92 Å². The van der Waals surface area contributed by atoms with Gasteiger partial charge in [-0.05, 0) is 31.4 Å². The van der Waals surface area contributed by atoms with Gasteiger partial charge in [-0.3, -0.25) is 4.79 Å². The van der Waals surface area contributed by atoms with E-state index in [0.717, 1.165) is 19.3 Å². The topological polar surface area (TPSA) is 75.0 Å². The van der Waals surface area contributed by atoms with E-state index in [1.54, 1.807) is 18.2 Å². The summed E-state index contributed by atoms with van der Waals surface area (Å²) in [6.45, 7) is 6.44. The quantitative estimate of drug-likeness (QED) is 0.117. The molecule has 0 amide bonds. The molecule has 0 radical (unpaired) electrons. The van der Waals surface area contributed by atoms with E-state index in [1.165, 1.54) is 45.4 Å². The van der Waals surface area contributed by atoms with Crippen LogP contribution in [-0.2, 0) is 4.79 Å². The molecule has 2 aromatic rings. The first-order valence-corrected chi connectivity index (χ1v) is 12.3. The van der Waals surface area contributed by atoms with E-state index in [-0.39, 0.29) is 18.1 Å². The highest BCUT2D eigenvalue weighted by Crippen LogP contribution is 2.35. The molecule has 0 N–H and O–H groups in total. The number of benzene rings is 1. The average molecular weight is 459 g/mol. The van der Waals surface area contributed by atoms with Gasteiger partial charge in [0.05, 0.1) is 18.6 Å². The summed E-state index contributed by atoms with van der Waals surface area (Å²) in [7, 11) is 0. The van der Waals surface area contributed by atoms with Gasteiger partial charge in [-0.1, -0.05) is 70.9 Å². The Kier molecular flexibility index (Phi) is 12.2. The molecule has 1 heterocycles. The van der Waals surface area contributed by atoms with E-state index in [1.807, 2.05) is 19.1 Å². The monoisotopic (exact) mass is 458 g/mol. The van der Waals surface area contributed by atoms with Crippen molar-refractivity contribution in [1.29, 1.82) is 0 Å². The summed E-state index contributed by atoms with van der Waals surface area (Å²) in [6.07, 6.45) is 15.4. The average Bonchev–Trinajstić information content (AvgIpc) is 2.79. The number of fused-ring (bicyclic) bond motifs is 1. The maximum atomic E-state index is 12.6. The highest BCUT2D eigenvalue weighted by Gasteiger charge is 2.20. The SMILES string of the molecule is CC/C=C/CCOc1c(OC(C)=O)c2ccc(OCCCCCCCCCC)cc2oc1=O. The second-order valence-corrected chi connectivity index (χ2v) is 8.14. The van der Waals surface area contributed by atoms with Gasteiger partial charge in [0.15, 0.2) is 5.75 Å². The molecule has 2 rings (SSSR count). The van der Waals surface area contributed by atoms with E-state index < -0.39 is 11.6 Å². The highest BCUT2D eigenvalue weighted by molar-refractivity contribution is 5.89. The molecule has 0 bridgehead atoms. The fourth-order valence-electron chi connectivity index (χ4n) is 3.53. The van der Waals surface area contributed by atoms with Crippen LogP contribution < -0.4 is 19.8 Å². The predicted molar refractivity (Wildman–Crippen MR) is 131 cm³/mol. The minimum Gasteiger partial charge on any atom is -0.493 e. The van der Waals surface area contributed by atoms with Crippen LogP contribution in [0.2, 0.25) is 0 Å². The van der Waals surface area contributed by atoms with Crippen LogP contribution in [0.3, 0.4) is 0 Å². The van der Waals surface area contributed by atoms with Crippen LogP contribution in [-0.4, -0.2) is 19.2 Å². The van der Waals surface area contributed by atoms with Gasteiger partial charge in [0.25, 0.3) is 0 Å². The summed E-state index contributed by atoms with van der Waals surface area (Å²) in [5.41, 5.74) is -0.388. The number of hydrogen-bond donors (Lipinski definition) is 0. The molecule has 182 valence electrons. The first kappa shape index (κ1) is 26.5. The minimum absolute atomic E-state index is 0.0860. The Bertz CT molecular complexity index is 944. The summed E-state index contributed by atoms with van der Waals surface area (Å²) < 4.78 is 22.3. The molecule has 0 saturated heterocycles. The largest absolute Gasteiger partial charge is 0.493 e. The fraction of sp³-hybridized carbons (Fsp3) is 0.556. The molecular formula is C27H38O6. The summed E-state index contributed by atoms with van der Waals surface area (Å²) in [5.74, 6) is 0.0754. The van der Waals surface area contributed by atoms with Crippen LogP contribution in [0, 0.1) is 0 Å². The van der Waals surface area contributed by atoms with Crippen molar-refractivity contribution < 1.29 is 23.4 Å². The lowest BCUT2D eigenvalue weighted by Crippen LogP contribution is -2.13. The Labute approximate surface area is 196 Å². The van der Waals surface area contributed by atoms with E-state index in [4.69, 9.17) is 18.6 Å². The van der Waals surface area contributed by atoms with Gasteiger partial charge in [-0.2, -0.15) is 0 Å². The first-order chi connectivity index (χ1) is 16.1. The van der Waals surface area contributed by atoms with Gasteiger partial charge >= 0.3 is 11.6 Å². The van der Waals surface area contributed by atoms with Gasteiger partial charge in [0.2, 0.25) is 5.75 Å². The molecule has 0 aliphatic carbocycles. The number of carbonyl (C=O) groups excluding carboxylic acids is 1. The maximum Gasteiger partial charge on any atom is 0.383 e. The van der Waals surface area contributed by atoms with Crippen LogP contribution in [0.1, 0.15) is 85.0 Å². The zero-order valence-electron chi connectivity index (χ0n) is 20.3. The number of allylic oxidation sites excluding steroid dienone is 1. The normalized spacial score (nSPS) is 11.2. The second-order valence-electron chi connectivity index (χ2n) is 8.14. The minimum atomic E-state index is -0.682. The van der Waals surface area contributed by atoms with Crippen molar-refractivity contribution in [2.24, 2.45) is 0 Å². The molecule has 33 heavy (non-hydrogen) atoms. The number of hydrogen-bond acceptors (Lipinski definition) is 6. The fourth-order valence-corrected chi connectivity index (χ4v) is 3.53. The number of unbranched alkanes of at least 4 members (excludes halogenated alkanes) is 7. The van der Waals surface area contributed by atoms with Gasteiger partial charge in [0.1, 0.15) is 11.3 Å². The molecule has 0 saturated carbocycles. The van der Waals surface area contributed by atoms with Crippen molar-refractivity contribution in [2.75, 3.05) is 13.2 Å². The Balaban J connectivity index is 2.01. The van der Waals surface area contributed by atoms with E-state index in [0.29, 0.717) is 29.7 Å². The first-order valence-electron chi connectivity index (χ1n) is 12.3. The van der Waals surface area contributed by atoms with Crippen LogP contribution >= 0.6 is 0 Å². The lowest BCUT2D eigenvalue weighted by atomic mass is 10.1. The van der Waals surface area contributed by atoms with Crippen LogP contribution in [0.4, 0.5) is 0 Å². The van der Waals surface area contributed by atoms with Crippen molar-refractivity contribution in [3.8, 4) is 17.2 Å². The molecule has 0 aliphatic heterocycles. The van der Waals surface area contributed by atoms with Crippen molar-refractivity contribution >= 4 is 16.9 Å². The molecule has 0 aliphatic rings. The summed E-state index contributed by atoms with van der Waals surface area (Å²) in [4.78, 5) is 24.2. The Hall–Kier alpha value is -2.76. The second kappa shape index (κ2) is 15.1. The molecule has 6 heteroatoms. The molecule has 0 unspecified atom stereocenters. The molecule has 0 atom stereocenters. The molecule has 6 nitrogen and oxygen atoms in total. The molecular weight excluding hydrogens is 420 g/mol. The lowest BCUT2D eigenvalue weighted by Gasteiger charge is -2.12. The Morgan fingerprint density at radius 2 is 1.64 bits per heavy atom. The van der Waals surface area contributed by atoms with Crippen molar-refractivity contribution in [2.45, 2.75) is 85.0 Å². The van der Waals surface area contributed by atoms with E-state index in [9.17, 15) is 9.59 Å². The van der Waals surface area contributed by atoms with Gasteiger partial charge in [-0.25, -0.2) is 4.79 Å². The third-order valence-electron chi connectivity index (χ3n) is 5.24. The highest BCUT2D eigenvalue weighted by atomic mass is 16.6. The standard InChI is InChI=1S/C27H38O6/c1-4-6-8-10-11-12-13-15-18-30-22-16-17-23-24(20-22)33-27(29)26(25(23)32-21(3)28)31-19-14-9-7-5-2/h7,9,16-17,20H,4-6,8,10-15,18-19H2,1-3H3/b9-7+. The molecule has 1 aromatic carbocycles. The smallest absolute Gasteiger partial charge is 0.383 e. The van der Waals surface area contributed by atoms with Crippen LogP contribution in [0.25, 0.3) is 11.0 Å². The third-order valence-corrected chi connectivity index (χ3v) is 5.24.